The zero-order chi connectivity index (χ0) is 17.3. The smallest absolute Gasteiger partial charge is 0.148 e. The average Bonchev–Trinajstić information content (AvgIpc) is 3.08. The summed E-state index contributed by atoms with van der Waals surface area (Å²) < 4.78 is 14.5. The molecule has 3 aromatic carbocycles. The molecule has 0 saturated carbocycles. The monoisotopic (exact) mass is 343 g/mol. The summed E-state index contributed by atoms with van der Waals surface area (Å²) in [6.45, 7) is 0. The molecule has 0 bridgehead atoms. The second-order valence-corrected chi connectivity index (χ2v) is 9.42. The molecule has 3 aromatic rings. The SMILES string of the molecule is N#CC1c2ccccc2CC1P(=O)(c1ccccc1)c1ccccc1. The summed E-state index contributed by atoms with van der Waals surface area (Å²) in [7, 11) is -2.95. The molecule has 0 saturated heterocycles. The van der Waals surface area contributed by atoms with E-state index in [-0.39, 0.29) is 11.6 Å². The molecular formula is C22H18NOP. The topological polar surface area (TPSA) is 40.9 Å². The summed E-state index contributed by atoms with van der Waals surface area (Å²) in [5, 5.41) is 11.5. The third-order valence-corrected chi connectivity index (χ3v) is 8.64. The third kappa shape index (κ3) is 2.53. The molecule has 122 valence electrons. The average molecular weight is 343 g/mol. The molecule has 0 aliphatic heterocycles. The van der Waals surface area contributed by atoms with E-state index >= 15 is 0 Å². The normalized spacial score (nSPS) is 19.2. The van der Waals surface area contributed by atoms with Crippen molar-refractivity contribution in [1.82, 2.24) is 0 Å². The van der Waals surface area contributed by atoms with Gasteiger partial charge in [-0.1, -0.05) is 84.9 Å². The van der Waals surface area contributed by atoms with Crippen LogP contribution in [-0.2, 0) is 11.0 Å². The van der Waals surface area contributed by atoms with Gasteiger partial charge in [0.2, 0.25) is 0 Å². The Kier molecular flexibility index (Phi) is 4.04. The van der Waals surface area contributed by atoms with E-state index in [0.29, 0.717) is 6.42 Å². The van der Waals surface area contributed by atoms with E-state index in [4.69, 9.17) is 0 Å². The van der Waals surface area contributed by atoms with Gasteiger partial charge in [0.1, 0.15) is 7.14 Å². The summed E-state index contributed by atoms with van der Waals surface area (Å²) in [4.78, 5) is 0. The maximum Gasteiger partial charge on any atom is 0.148 e. The highest BCUT2D eigenvalue weighted by molar-refractivity contribution is 7.79. The summed E-state index contributed by atoms with van der Waals surface area (Å²) >= 11 is 0. The molecule has 0 N–H and O–H groups in total. The van der Waals surface area contributed by atoms with E-state index in [0.717, 1.165) is 21.7 Å². The molecule has 0 amide bonds. The zero-order valence-corrected chi connectivity index (χ0v) is 14.6. The van der Waals surface area contributed by atoms with Crippen molar-refractivity contribution >= 4 is 17.8 Å². The van der Waals surface area contributed by atoms with Crippen LogP contribution in [0.4, 0.5) is 0 Å². The molecule has 2 nitrogen and oxygen atoms in total. The predicted octanol–water partition coefficient (Wildman–Crippen LogP) is 4.23. The number of fused-ring (bicyclic) bond motifs is 1. The van der Waals surface area contributed by atoms with Crippen molar-refractivity contribution < 1.29 is 4.57 Å². The van der Waals surface area contributed by atoms with Crippen molar-refractivity contribution in [2.45, 2.75) is 18.0 Å². The van der Waals surface area contributed by atoms with Crippen LogP contribution in [0.25, 0.3) is 0 Å². The molecule has 4 rings (SSSR count). The fourth-order valence-corrected chi connectivity index (χ4v) is 7.29. The van der Waals surface area contributed by atoms with E-state index in [1.165, 1.54) is 0 Å². The number of nitrogens with zero attached hydrogens (tertiary/aromatic N) is 1. The lowest BCUT2D eigenvalue weighted by atomic mass is 10.0. The molecule has 0 aromatic heterocycles. The Labute approximate surface area is 148 Å². The molecule has 0 radical (unpaired) electrons. The summed E-state index contributed by atoms with van der Waals surface area (Å²) in [5.41, 5.74) is 1.95. The Balaban J connectivity index is 1.92. The van der Waals surface area contributed by atoms with Crippen LogP contribution in [0.3, 0.4) is 0 Å². The summed E-state index contributed by atoms with van der Waals surface area (Å²) in [6.07, 6.45) is 0.676. The Morgan fingerprint density at radius 3 is 1.88 bits per heavy atom. The van der Waals surface area contributed by atoms with Crippen molar-refractivity contribution in [3.05, 3.63) is 96.1 Å². The second kappa shape index (κ2) is 6.36. The first-order valence-corrected chi connectivity index (χ1v) is 10.2. The number of benzene rings is 3. The number of nitriles is 1. The van der Waals surface area contributed by atoms with Gasteiger partial charge in [0.15, 0.2) is 0 Å². The molecule has 0 fully saturated rings. The van der Waals surface area contributed by atoms with Gasteiger partial charge in [-0.25, -0.2) is 0 Å². The Hall–Kier alpha value is -2.62. The van der Waals surface area contributed by atoms with Crippen LogP contribution in [0.15, 0.2) is 84.9 Å². The minimum absolute atomic E-state index is 0.223. The minimum Gasteiger partial charge on any atom is -0.313 e. The highest BCUT2D eigenvalue weighted by Crippen LogP contribution is 2.57. The summed E-state index contributed by atoms with van der Waals surface area (Å²) in [5.74, 6) is -0.345. The van der Waals surface area contributed by atoms with Gasteiger partial charge in [0, 0.05) is 16.3 Å². The molecule has 1 aliphatic carbocycles. The molecule has 3 heteroatoms. The predicted molar refractivity (Wildman–Crippen MR) is 102 cm³/mol. The van der Waals surface area contributed by atoms with Gasteiger partial charge in [0.05, 0.1) is 12.0 Å². The Bertz CT molecular complexity index is 932. The van der Waals surface area contributed by atoms with Crippen LogP contribution in [0, 0.1) is 11.3 Å². The molecule has 2 atom stereocenters. The minimum atomic E-state index is -2.95. The van der Waals surface area contributed by atoms with Gasteiger partial charge in [-0.3, -0.25) is 0 Å². The van der Waals surface area contributed by atoms with Gasteiger partial charge in [-0.15, -0.1) is 0 Å². The highest BCUT2D eigenvalue weighted by atomic mass is 31.2. The van der Waals surface area contributed by atoms with Crippen LogP contribution in [0.2, 0.25) is 0 Å². The first-order chi connectivity index (χ1) is 12.2. The molecule has 0 spiro atoms. The fourth-order valence-electron chi connectivity index (χ4n) is 3.90. The Morgan fingerprint density at radius 2 is 1.32 bits per heavy atom. The van der Waals surface area contributed by atoms with Crippen molar-refractivity contribution in [2.24, 2.45) is 0 Å². The zero-order valence-electron chi connectivity index (χ0n) is 13.7. The van der Waals surface area contributed by atoms with Gasteiger partial charge in [0.25, 0.3) is 0 Å². The van der Waals surface area contributed by atoms with Crippen molar-refractivity contribution in [1.29, 1.82) is 5.26 Å². The maximum absolute atomic E-state index is 14.5. The molecule has 0 heterocycles. The van der Waals surface area contributed by atoms with E-state index in [1.54, 1.807) is 0 Å². The highest BCUT2D eigenvalue weighted by Gasteiger charge is 2.46. The molecule has 25 heavy (non-hydrogen) atoms. The van der Waals surface area contributed by atoms with Crippen molar-refractivity contribution in [3.8, 4) is 6.07 Å². The first-order valence-electron chi connectivity index (χ1n) is 8.43. The Morgan fingerprint density at radius 1 is 0.800 bits per heavy atom. The van der Waals surface area contributed by atoms with Crippen LogP contribution < -0.4 is 10.6 Å². The van der Waals surface area contributed by atoms with Crippen LogP contribution >= 0.6 is 7.14 Å². The summed E-state index contributed by atoms with van der Waals surface area (Å²) in [6, 6.07) is 29.8. The van der Waals surface area contributed by atoms with Gasteiger partial charge >= 0.3 is 0 Å². The standard InChI is InChI=1S/C22H18NOP/c23-16-21-20-14-8-7-9-17(20)15-22(21)25(24,18-10-3-1-4-11-18)19-12-5-2-6-13-19/h1-14,21-22H,15H2. The van der Waals surface area contributed by atoms with E-state index < -0.39 is 7.14 Å². The number of rotatable bonds is 3. The maximum atomic E-state index is 14.5. The second-order valence-electron chi connectivity index (χ2n) is 6.41. The van der Waals surface area contributed by atoms with E-state index in [1.807, 2.05) is 78.9 Å². The van der Waals surface area contributed by atoms with Gasteiger partial charge in [-0.05, 0) is 17.5 Å². The lowest BCUT2D eigenvalue weighted by molar-refractivity contribution is 0.574. The third-order valence-electron chi connectivity index (χ3n) is 5.09. The first kappa shape index (κ1) is 15.9. The van der Waals surface area contributed by atoms with Crippen molar-refractivity contribution in [3.63, 3.8) is 0 Å². The van der Waals surface area contributed by atoms with E-state index in [2.05, 4.69) is 12.1 Å². The quantitative estimate of drug-likeness (QED) is 0.668. The van der Waals surface area contributed by atoms with Crippen LogP contribution in [-0.4, -0.2) is 5.66 Å². The fraction of sp³-hybridized carbons (Fsp3) is 0.136. The number of hydrogen-bond donors (Lipinski definition) is 0. The number of hydrogen-bond acceptors (Lipinski definition) is 2. The molecule has 2 unspecified atom stereocenters. The lowest BCUT2D eigenvalue weighted by Gasteiger charge is -2.27. The lowest BCUT2D eigenvalue weighted by Crippen LogP contribution is -2.28. The van der Waals surface area contributed by atoms with Gasteiger partial charge < -0.3 is 4.57 Å². The van der Waals surface area contributed by atoms with Gasteiger partial charge in [-0.2, -0.15) is 5.26 Å². The van der Waals surface area contributed by atoms with Crippen LogP contribution in [0.1, 0.15) is 17.0 Å². The van der Waals surface area contributed by atoms with Crippen LogP contribution in [0.5, 0.6) is 0 Å². The van der Waals surface area contributed by atoms with Crippen molar-refractivity contribution in [2.75, 3.05) is 0 Å². The van der Waals surface area contributed by atoms with E-state index in [9.17, 15) is 9.83 Å². The molecule has 1 aliphatic rings. The molecular weight excluding hydrogens is 325 g/mol. The largest absolute Gasteiger partial charge is 0.313 e.